The Morgan fingerprint density at radius 3 is 1.53 bits per heavy atom. The average Bonchev–Trinajstić information content (AvgIpc) is 2.96. The maximum Gasteiger partial charge on any atom is 0.422 e. The molecule has 0 saturated carbocycles. The number of alkyl halides is 9. The number of nitro groups is 1. The van der Waals surface area contributed by atoms with Crippen molar-refractivity contribution in [2.75, 3.05) is 0 Å². The highest BCUT2D eigenvalue weighted by atomic mass is 19.4. The number of halogens is 9. The number of para-hydroxylation sites is 1. The minimum absolute atomic E-state index is 0. The molecule has 0 heterocycles. The second kappa shape index (κ2) is 22.4. The van der Waals surface area contributed by atoms with Crippen molar-refractivity contribution in [2.24, 2.45) is 0 Å². The van der Waals surface area contributed by atoms with E-state index in [0.29, 0.717) is 11.6 Å². The molecule has 0 bridgehead atoms. The first-order valence-electron chi connectivity index (χ1n) is 11.8. The Hall–Kier alpha value is -5.10. The molecule has 0 fully saturated rings. The monoisotopic (exact) mass is 691 g/mol. The normalized spacial score (nSPS) is 10.1. The molecule has 262 valence electrons. The molecule has 0 unspecified atom stereocenters. The summed E-state index contributed by atoms with van der Waals surface area (Å²) < 4.78 is 109. The van der Waals surface area contributed by atoms with E-state index in [1.807, 2.05) is 0 Å². The molecule has 0 aromatic heterocycles. The number of hydrogen-bond acceptors (Lipinski definition) is 7. The molecule has 18 heteroatoms. The van der Waals surface area contributed by atoms with Gasteiger partial charge < -0.3 is 14.9 Å². The van der Waals surface area contributed by atoms with Crippen LogP contribution in [0.5, 0.6) is 0 Å². The smallest absolute Gasteiger partial charge is 0.422 e. The molecule has 9 nitrogen and oxygen atoms in total. The van der Waals surface area contributed by atoms with Crippen molar-refractivity contribution >= 4 is 11.7 Å². The lowest BCUT2D eigenvalue weighted by Crippen LogP contribution is -2.08. The van der Waals surface area contributed by atoms with Crippen molar-refractivity contribution in [2.45, 2.75) is 39.3 Å². The van der Waals surface area contributed by atoms with Crippen LogP contribution in [0.3, 0.4) is 0 Å². The SMILES string of the molecule is C.C=COO.C=COO.Cc1cccc(C(F)(F)F)c1.O=C(O)Cc1cccc(C(F)(F)F)c1.O=[N+]([O-])c1ccccc1C(F)(F)F. The van der Waals surface area contributed by atoms with E-state index in [1.165, 1.54) is 24.3 Å². The highest BCUT2D eigenvalue weighted by molar-refractivity contribution is 5.70. The molecule has 0 atom stereocenters. The summed E-state index contributed by atoms with van der Waals surface area (Å²) >= 11 is 0. The fourth-order valence-electron chi connectivity index (χ4n) is 2.73. The molecule has 0 radical (unpaired) electrons. The van der Waals surface area contributed by atoms with Crippen LogP contribution in [0.2, 0.25) is 0 Å². The zero-order valence-corrected chi connectivity index (χ0v) is 23.4. The molecule has 3 N–H and O–H groups in total. The van der Waals surface area contributed by atoms with Gasteiger partial charge in [-0.25, -0.2) is 10.5 Å². The standard InChI is InChI=1S/C9H7F3O2.C8H7F3.C7H4F3NO2.2C2H4O2.CH4/c10-9(11,12)7-3-1-2-6(4-7)5-8(13)14;1-6-3-2-4-7(5-6)8(9,10)11;8-7(9,10)5-3-1-2-4-6(5)11(12)13;2*1-2-4-3;/h1-4H,5H2,(H,13,14);2-5H,1H3;1-4H;2*2-3H,1H2;1H4. The maximum absolute atomic E-state index is 12.2. The molecular weight excluding hydrogens is 661 g/mol. The van der Waals surface area contributed by atoms with Crippen LogP contribution in [-0.4, -0.2) is 26.5 Å². The molecule has 47 heavy (non-hydrogen) atoms. The summed E-state index contributed by atoms with van der Waals surface area (Å²) in [5.74, 6) is -1.15. The van der Waals surface area contributed by atoms with E-state index in [-0.39, 0.29) is 13.0 Å². The molecule has 0 amide bonds. The van der Waals surface area contributed by atoms with E-state index in [9.17, 15) is 54.4 Å². The summed E-state index contributed by atoms with van der Waals surface area (Å²) in [5, 5.41) is 33.1. The van der Waals surface area contributed by atoms with Gasteiger partial charge in [-0.1, -0.05) is 74.7 Å². The number of rotatable bonds is 5. The first-order chi connectivity index (χ1) is 21.1. The van der Waals surface area contributed by atoms with Gasteiger partial charge in [0, 0.05) is 6.07 Å². The maximum atomic E-state index is 12.2. The molecule has 3 aromatic carbocycles. The first kappa shape index (κ1) is 46.3. The third-order valence-electron chi connectivity index (χ3n) is 4.51. The average molecular weight is 692 g/mol. The van der Waals surface area contributed by atoms with E-state index in [4.69, 9.17) is 15.6 Å². The van der Waals surface area contributed by atoms with Gasteiger partial charge in [0.05, 0.1) is 22.5 Å². The van der Waals surface area contributed by atoms with Gasteiger partial charge in [0.25, 0.3) is 5.69 Å². The molecule has 0 aliphatic rings. The lowest BCUT2D eigenvalue weighted by molar-refractivity contribution is -0.388. The molecule has 0 aliphatic heterocycles. The van der Waals surface area contributed by atoms with Crippen molar-refractivity contribution in [3.63, 3.8) is 0 Å². The Bertz CT molecular complexity index is 1370. The Balaban J connectivity index is -0.000000551. The summed E-state index contributed by atoms with van der Waals surface area (Å²) in [7, 11) is 0. The quantitative estimate of drug-likeness (QED) is 0.0790. The van der Waals surface area contributed by atoms with E-state index in [2.05, 4.69) is 22.9 Å². The van der Waals surface area contributed by atoms with Crippen LogP contribution in [0, 0.1) is 17.0 Å². The van der Waals surface area contributed by atoms with Gasteiger partial charge >= 0.3 is 24.5 Å². The fraction of sp³-hybridized carbons (Fsp3) is 0.207. The van der Waals surface area contributed by atoms with Gasteiger partial charge in [0.2, 0.25) is 0 Å². The molecule has 0 aliphatic carbocycles. The van der Waals surface area contributed by atoms with Crippen molar-refractivity contribution in [3.05, 3.63) is 136 Å². The minimum atomic E-state index is -4.68. The fourth-order valence-corrected chi connectivity index (χ4v) is 2.73. The van der Waals surface area contributed by atoms with Crippen LogP contribution in [0.1, 0.15) is 35.2 Å². The minimum Gasteiger partial charge on any atom is -0.481 e. The van der Waals surface area contributed by atoms with Crippen LogP contribution in [0.15, 0.2) is 98.5 Å². The van der Waals surface area contributed by atoms with Crippen LogP contribution in [0.4, 0.5) is 45.2 Å². The van der Waals surface area contributed by atoms with Gasteiger partial charge in [-0.2, -0.15) is 39.5 Å². The Morgan fingerprint density at radius 1 is 0.787 bits per heavy atom. The summed E-state index contributed by atoms with van der Waals surface area (Å²) in [6, 6.07) is 13.3. The van der Waals surface area contributed by atoms with Gasteiger partial charge in [-0.15, -0.1) is 0 Å². The van der Waals surface area contributed by atoms with E-state index in [0.717, 1.165) is 48.9 Å². The van der Waals surface area contributed by atoms with Gasteiger partial charge in [-0.3, -0.25) is 14.9 Å². The Morgan fingerprint density at radius 2 is 1.21 bits per heavy atom. The number of hydrogen-bond donors (Lipinski definition) is 3. The predicted molar refractivity (Wildman–Crippen MR) is 152 cm³/mol. The number of aryl methyl sites for hydroxylation is 1. The van der Waals surface area contributed by atoms with Gasteiger partial charge in [-0.05, 0) is 30.7 Å². The van der Waals surface area contributed by atoms with Gasteiger partial charge in [0.1, 0.15) is 18.1 Å². The molecule has 0 spiro atoms. The third-order valence-corrected chi connectivity index (χ3v) is 4.51. The highest BCUT2D eigenvalue weighted by Gasteiger charge is 2.37. The van der Waals surface area contributed by atoms with E-state index >= 15 is 0 Å². The second-order valence-corrected chi connectivity index (χ2v) is 7.95. The van der Waals surface area contributed by atoms with Gasteiger partial charge in [0.15, 0.2) is 0 Å². The van der Waals surface area contributed by atoms with Crippen LogP contribution in [0.25, 0.3) is 0 Å². The Kier molecular flexibility index (Phi) is 22.1. The van der Waals surface area contributed by atoms with Crippen molar-refractivity contribution in [1.82, 2.24) is 0 Å². The Labute approximate surface area is 262 Å². The predicted octanol–water partition coefficient (Wildman–Crippen LogP) is 9.84. The topological polar surface area (TPSA) is 139 Å². The largest absolute Gasteiger partial charge is 0.481 e. The number of carbonyl (C=O) groups is 1. The van der Waals surface area contributed by atoms with Crippen molar-refractivity contribution < 1.29 is 74.6 Å². The first-order valence-corrected chi connectivity index (χ1v) is 11.8. The summed E-state index contributed by atoms with van der Waals surface area (Å²) in [6.45, 7) is 7.65. The third kappa shape index (κ3) is 21.3. The molecule has 3 rings (SSSR count). The second-order valence-electron chi connectivity index (χ2n) is 7.95. The molecule has 0 saturated heterocycles. The van der Waals surface area contributed by atoms with Crippen molar-refractivity contribution in [1.29, 1.82) is 0 Å². The van der Waals surface area contributed by atoms with Crippen LogP contribution >= 0.6 is 0 Å². The number of aliphatic carboxylic acids is 1. The zero-order valence-electron chi connectivity index (χ0n) is 23.4. The number of nitro benzene ring substituents is 1. The lowest BCUT2D eigenvalue weighted by atomic mass is 10.1. The molecular formula is C29H30F9NO8. The number of carboxylic acids is 1. The number of benzene rings is 3. The van der Waals surface area contributed by atoms with Crippen LogP contribution < -0.4 is 0 Å². The number of nitrogens with zero attached hydrogens (tertiary/aromatic N) is 1. The van der Waals surface area contributed by atoms with E-state index < -0.39 is 58.2 Å². The highest BCUT2D eigenvalue weighted by Crippen LogP contribution is 2.35. The van der Waals surface area contributed by atoms with Crippen molar-refractivity contribution in [3.8, 4) is 0 Å². The van der Waals surface area contributed by atoms with E-state index in [1.54, 1.807) is 13.0 Å². The lowest BCUT2D eigenvalue weighted by Gasteiger charge is -2.07. The molecule has 3 aromatic rings. The summed E-state index contributed by atoms with van der Waals surface area (Å²) in [5.41, 5.74) is -2.78. The zero-order chi connectivity index (χ0) is 36.1. The summed E-state index contributed by atoms with van der Waals surface area (Å²) in [4.78, 5) is 26.0. The van der Waals surface area contributed by atoms with Crippen LogP contribution in [-0.2, 0) is 39.5 Å². The summed E-state index contributed by atoms with van der Waals surface area (Å²) in [6.07, 6.45) is -11.9. The number of carboxylic acid groups (broad SMARTS) is 1.